The van der Waals surface area contributed by atoms with Crippen LogP contribution in [-0.2, 0) is 9.59 Å². The second kappa shape index (κ2) is 5.36. The van der Waals surface area contributed by atoms with Crippen LogP contribution >= 0.6 is 31.9 Å². The van der Waals surface area contributed by atoms with Gasteiger partial charge in [0, 0.05) is 16.9 Å². The van der Waals surface area contributed by atoms with E-state index in [4.69, 9.17) is 17.2 Å². The third-order valence-electron chi connectivity index (χ3n) is 1.17. The molecule has 0 spiro atoms. The van der Waals surface area contributed by atoms with E-state index in [2.05, 4.69) is 31.9 Å². The number of hydrogen-bond acceptors (Lipinski definition) is 3. The second-order valence-corrected chi connectivity index (χ2v) is 3.95. The first kappa shape index (κ1) is 12.6. The monoisotopic (exact) mass is 313 g/mol. The number of carbonyl (C=O) groups is 2. The van der Waals surface area contributed by atoms with Crippen LogP contribution in [0.3, 0.4) is 0 Å². The van der Waals surface area contributed by atoms with E-state index in [0.717, 1.165) is 0 Å². The molecule has 0 radical (unpaired) electrons. The van der Waals surface area contributed by atoms with Crippen molar-refractivity contribution in [3.63, 3.8) is 0 Å². The van der Waals surface area contributed by atoms with Crippen LogP contribution in [0.1, 0.15) is 6.42 Å². The molecule has 0 bridgehead atoms. The van der Waals surface area contributed by atoms with E-state index in [0.29, 0.717) is 4.48 Å². The summed E-state index contributed by atoms with van der Waals surface area (Å²) in [6, 6.07) is -0.653. The van der Waals surface area contributed by atoms with Crippen molar-refractivity contribution in [3.05, 3.63) is 8.96 Å². The number of nitrogens with two attached hydrogens (primary N) is 3. The first-order chi connectivity index (χ1) is 5.86. The molecule has 0 saturated carbocycles. The minimum atomic E-state index is -0.660. The maximum absolute atomic E-state index is 10.6. The number of halogens is 2. The third-order valence-corrected chi connectivity index (χ3v) is 3.51. The molecule has 1 atom stereocenters. The van der Waals surface area contributed by atoms with E-state index >= 15 is 0 Å². The van der Waals surface area contributed by atoms with Gasteiger partial charge in [0.05, 0.1) is 4.48 Å². The van der Waals surface area contributed by atoms with Crippen molar-refractivity contribution in [2.45, 2.75) is 12.5 Å². The van der Waals surface area contributed by atoms with Crippen LogP contribution in [-0.4, -0.2) is 17.9 Å². The highest BCUT2D eigenvalue weighted by Crippen LogP contribution is 2.21. The van der Waals surface area contributed by atoms with Gasteiger partial charge in [0.25, 0.3) is 5.91 Å². The molecule has 2 amide bonds. The summed E-state index contributed by atoms with van der Waals surface area (Å²) in [4.78, 5) is 21.1. The minimum absolute atomic E-state index is 0.0526. The van der Waals surface area contributed by atoms with E-state index in [9.17, 15) is 9.59 Å². The lowest BCUT2D eigenvalue weighted by atomic mass is 10.2. The summed E-state index contributed by atoms with van der Waals surface area (Å²) in [5.41, 5.74) is 15.4. The molecule has 0 heterocycles. The average Bonchev–Trinajstić information content (AvgIpc) is 2.00. The lowest BCUT2D eigenvalue weighted by Crippen LogP contribution is -2.29. The van der Waals surface area contributed by atoms with Crippen LogP contribution in [0.25, 0.3) is 0 Å². The lowest BCUT2D eigenvalue weighted by molar-refractivity contribution is -0.118. The number of hydrogen-bond donors (Lipinski definition) is 3. The van der Waals surface area contributed by atoms with Gasteiger partial charge >= 0.3 is 0 Å². The van der Waals surface area contributed by atoms with Crippen molar-refractivity contribution < 1.29 is 9.59 Å². The van der Waals surface area contributed by atoms with Gasteiger partial charge in [-0.1, -0.05) is 15.9 Å². The molecule has 0 aliphatic heterocycles. The molecular formula is C6H9Br2N3O2. The van der Waals surface area contributed by atoms with Gasteiger partial charge in [-0.25, -0.2) is 0 Å². The zero-order chi connectivity index (χ0) is 10.6. The lowest BCUT2D eigenvalue weighted by Gasteiger charge is -2.09. The highest BCUT2D eigenvalue weighted by Gasteiger charge is 2.15. The van der Waals surface area contributed by atoms with Crippen LogP contribution in [0.2, 0.25) is 0 Å². The van der Waals surface area contributed by atoms with Gasteiger partial charge in [-0.2, -0.15) is 0 Å². The summed E-state index contributed by atoms with van der Waals surface area (Å²) < 4.78 is 0.444. The van der Waals surface area contributed by atoms with Crippen molar-refractivity contribution in [3.8, 4) is 0 Å². The van der Waals surface area contributed by atoms with E-state index in [1.807, 2.05) is 0 Å². The summed E-state index contributed by atoms with van der Waals surface area (Å²) in [5, 5.41) is 0. The SMILES string of the molecule is NC(=O)CC(N)/C(Br)=C(/Br)C(N)=O. The Kier molecular flexibility index (Phi) is 5.19. The summed E-state index contributed by atoms with van der Waals surface area (Å²) in [5.74, 6) is -1.21. The largest absolute Gasteiger partial charge is 0.370 e. The molecule has 0 rings (SSSR count). The molecule has 74 valence electrons. The van der Waals surface area contributed by atoms with Crippen molar-refractivity contribution >= 4 is 43.7 Å². The van der Waals surface area contributed by atoms with Gasteiger partial charge in [-0.05, 0) is 15.9 Å². The molecule has 0 aromatic carbocycles. The van der Waals surface area contributed by atoms with Crippen molar-refractivity contribution in [1.29, 1.82) is 0 Å². The topological polar surface area (TPSA) is 112 Å². The van der Waals surface area contributed by atoms with Gasteiger partial charge < -0.3 is 17.2 Å². The van der Waals surface area contributed by atoms with Crippen LogP contribution < -0.4 is 17.2 Å². The standard InChI is InChI=1S/C6H9Br2N3O2/c7-4(5(8)6(11)13)2(9)1-3(10)12/h2H,1,9H2,(H2,10,12)(H2,11,13)/b5-4-. The van der Waals surface area contributed by atoms with Crippen molar-refractivity contribution in [2.75, 3.05) is 0 Å². The quantitative estimate of drug-likeness (QED) is 0.618. The molecule has 0 aromatic rings. The third kappa shape index (κ3) is 4.39. The molecule has 0 aliphatic rings. The molecule has 0 fully saturated rings. The number of carbonyl (C=O) groups excluding carboxylic acids is 2. The molecule has 0 aromatic heterocycles. The molecule has 1 unspecified atom stereocenters. The Balaban J connectivity index is 4.57. The van der Waals surface area contributed by atoms with Crippen LogP contribution in [0.4, 0.5) is 0 Å². The Bertz CT molecular complexity index is 265. The van der Waals surface area contributed by atoms with Crippen LogP contribution in [0.5, 0.6) is 0 Å². The number of amides is 2. The van der Waals surface area contributed by atoms with Gasteiger partial charge in [0.15, 0.2) is 0 Å². The van der Waals surface area contributed by atoms with Gasteiger partial charge in [-0.15, -0.1) is 0 Å². The van der Waals surface area contributed by atoms with E-state index in [1.54, 1.807) is 0 Å². The summed E-state index contributed by atoms with van der Waals surface area (Å²) in [6.07, 6.45) is -0.0526. The first-order valence-corrected chi connectivity index (χ1v) is 4.83. The molecule has 0 saturated heterocycles. The predicted octanol–water partition coefficient (Wildman–Crippen LogP) is -0.324. The van der Waals surface area contributed by atoms with E-state index in [-0.39, 0.29) is 10.9 Å². The van der Waals surface area contributed by atoms with Crippen LogP contribution in [0.15, 0.2) is 8.96 Å². The van der Waals surface area contributed by atoms with Gasteiger partial charge in [0.1, 0.15) is 0 Å². The van der Waals surface area contributed by atoms with Gasteiger partial charge in [0.2, 0.25) is 5.91 Å². The van der Waals surface area contributed by atoms with Crippen molar-refractivity contribution in [2.24, 2.45) is 17.2 Å². The fourth-order valence-corrected chi connectivity index (χ4v) is 1.24. The Hall–Kier alpha value is -0.400. The molecule has 0 aliphatic carbocycles. The Morgan fingerprint density at radius 2 is 1.69 bits per heavy atom. The highest BCUT2D eigenvalue weighted by atomic mass is 79.9. The molecule has 6 N–H and O–H groups in total. The minimum Gasteiger partial charge on any atom is -0.370 e. The fraction of sp³-hybridized carbons (Fsp3) is 0.333. The summed E-state index contributed by atoms with van der Waals surface area (Å²) >= 11 is 5.96. The molecule has 13 heavy (non-hydrogen) atoms. The van der Waals surface area contributed by atoms with E-state index in [1.165, 1.54) is 0 Å². The first-order valence-electron chi connectivity index (χ1n) is 3.25. The number of primary amides is 2. The Labute approximate surface area is 92.0 Å². The zero-order valence-corrected chi connectivity index (χ0v) is 9.76. The molecule has 7 heteroatoms. The zero-order valence-electron chi connectivity index (χ0n) is 6.59. The fourth-order valence-electron chi connectivity index (χ4n) is 0.587. The average molecular weight is 315 g/mol. The highest BCUT2D eigenvalue weighted by molar-refractivity contribution is 9.14. The maximum atomic E-state index is 10.6. The van der Waals surface area contributed by atoms with E-state index < -0.39 is 17.9 Å². The summed E-state index contributed by atoms with van der Waals surface area (Å²) in [7, 11) is 0. The second-order valence-electron chi connectivity index (χ2n) is 2.30. The normalized spacial score (nSPS) is 14.7. The van der Waals surface area contributed by atoms with Crippen molar-refractivity contribution in [1.82, 2.24) is 0 Å². The Morgan fingerprint density at radius 3 is 2.00 bits per heavy atom. The summed E-state index contributed by atoms with van der Waals surface area (Å²) in [6.45, 7) is 0. The molecular weight excluding hydrogens is 306 g/mol. The van der Waals surface area contributed by atoms with Gasteiger partial charge in [-0.3, -0.25) is 9.59 Å². The van der Waals surface area contributed by atoms with Crippen LogP contribution in [0, 0.1) is 0 Å². The Morgan fingerprint density at radius 1 is 1.23 bits per heavy atom. The number of rotatable bonds is 4. The molecule has 5 nitrogen and oxygen atoms in total. The maximum Gasteiger partial charge on any atom is 0.256 e. The predicted molar refractivity (Wildman–Crippen MR) is 55.9 cm³/mol. The smallest absolute Gasteiger partial charge is 0.256 e.